The third kappa shape index (κ3) is 6.17. The van der Waals surface area contributed by atoms with Crippen LogP contribution in [0.1, 0.15) is 52.1 Å². The highest BCUT2D eigenvalue weighted by molar-refractivity contribution is 5.95. The Morgan fingerprint density at radius 3 is 2.53 bits per heavy atom. The van der Waals surface area contributed by atoms with E-state index < -0.39 is 5.97 Å². The number of carboxylic acid groups (broad SMARTS) is 1. The van der Waals surface area contributed by atoms with Crippen LogP contribution in [0.3, 0.4) is 0 Å². The van der Waals surface area contributed by atoms with Crippen molar-refractivity contribution in [3.05, 3.63) is 89.2 Å². The molecule has 0 fully saturated rings. The van der Waals surface area contributed by atoms with E-state index >= 15 is 0 Å². The van der Waals surface area contributed by atoms with E-state index in [4.69, 9.17) is 4.74 Å². The van der Waals surface area contributed by atoms with Gasteiger partial charge in [-0.2, -0.15) is 5.26 Å². The number of nitrogens with zero attached hydrogens (tertiary/aromatic N) is 3. The number of benzene rings is 2. The molecular weight excluding hydrogens is 484 g/mol. The van der Waals surface area contributed by atoms with Gasteiger partial charge in [0.25, 0.3) is 5.91 Å². The lowest BCUT2D eigenvalue weighted by atomic mass is 10.0. The number of aliphatic hydroxyl groups excluding tert-OH is 1. The minimum Gasteiger partial charge on any atom is -0.490 e. The van der Waals surface area contributed by atoms with Crippen LogP contribution in [0.5, 0.6) is 5.75 Å². The number of imidazole rings is 1. The molecule has 2 aromatic carbocycles. The van der Waals surface area contributed by atoms with E-state index in [1.54, 1.807) is 22.7 Å². The van der Waals surface area contributed by atoms with Crippen molar-refractivity contribution >= 4 is 17.5 Å². The van der Waals surface area contributed by atoms with Crippen LogP contribution in [0.15, 0.2) is 67.0 Å². The largest absolute Gasteiger partial charge is 0.490 e. The van der Waals surface area contributed by atoms with Crippen LogP contribution in [-0.2, 0) is 6.42 Å². The van der Waals surface area contributed by atoms with Crippen molar-refractivity contribution in [1.82, 2.24) is 14.7 Å². The lowest BCUT2D eigenvalue weighted by Crippen LogP contribution is -2.37. The Morgan fingerprint density at radius 1 is 1.11 bits per heavy atom. The van der Waals surface area contributed by atoms with Crippen molar-refractivity contribution in [2.45, 2.75) is 38.8 Å². The zero-order valence-electron chi connectivity index (χ0n) is 21.1. The smallest absolute Gasteiger partial charge is 0.335 e. The highest BCUT2D eigenvalue weighted by Gasteiger charge is 2.17. The fourth-order valence-electron chi connectivity index (χ4n) is 4.12. The molecule has 0 saturated carbocycles. The maximum atomic E-state index is 12.9. The van der Waals surface area contributed by atoms with Crippen LogP contribution >= 0.6 is 0 Å². The number of hydrogen-bond acceptors (Lipinski definition) is 6. The molecule has 2 aromatic heterocycles. The van der Waals surface area contributed by atoms with Crippen LogP contribution < -0.4 is 10.1 Å². The van der Waals surface area contributed by atoms with E-state index in [1.807, 2.05) is 44.3 Å². The molecule has 4 rings (SSSR count). The van der Waals surface area contributed by atoms with Crippen LogP contribution in [0.4, 0.5) is 0 Å². The number of carboxylic acids is 1. The first-order valence-corrected chi connectivity index (χ1v) is 12.2. The molecular formula is C29H28N4O5. The van der Waals surface area contributed by atoms with Crippen LogP contribution in [0, 0.1) is 11.3 Å². The summed E-state index contributed by atoms with van der Waals surface area (Å²) in [5.74, 6) is -0.911. The minimum absolute atomic E-state index is 0.0901. The number of pyridine rings is 1. The van der Waals surface area contributed by atoms with Crippen molar-refractivity contribution in [2.24, 2.45) is 0 Å². The second-order valence-electron chi connectivity index (χ2n) is 9.19. The normalized spacial score (nSPS) is 11.8. The molecule has 1 unspecified atom stereocenters. The van der Waals surface area contributed by atoms with Gasteiger partial charge in [0.1, 0.15) is 17.5 Å². The third-order valence-corrected chi connectivity index (χ3v) is 5.98. The first kappa shape index (κ1) is 26.4. The molecule has 0 spiro atoms. The molecule has 2 heterocycles. The second kappa shape index (κ2) is 11.6. The van der Waals surface area contributed by atoms with Gasteiger partial charge < -0.3 is 24.7 Å². The Labute approximate surface area is 220 Å². The van der Waals surface area contributed by atoms with Crippen molar-refractivity contribution in [2.75, 3.05) is 6.61 Å². The molecule has 38 heavy (non-hydrogen) atoms. The van der Waals surface area contributed by atoms with Crippen LogP contribution in [0.25, 0.3) is 16.9 Å². The monoisotopic (exact) mass is 512 g/mol. The van der Waals surface area contributed by atoms with E-state index in [0.717, 1.165) is 11.1 Å². The van der Waals surface area contributed by atoms with Crippen LogP contribution in [0.2, 0.25) is 0 Å². The van der Waals surface area contributed by atoms with E-state index in [0.29, 0.717) is 35.5 Å². The molecule has 0 bridgehead atoms. The highest BCUT2D eigenvalue weighted by atomic mass is 16.5. The zero-order valence-corrected chi connectivity index (χ0v) is 21.1. The van der Waals surface area contributed by atoms with Gasteiger partial charge in [0.2, 0.25) is 0 Å². The first-order chi connectivity index (χ1) is 18.3. The van der Waals surface area contributed by atoms with Gasteiger partial charge in [0.15, 0.2) is 0 Å². The molecule has 4 aromatic rings. The third-order valence-electron chi connectivity index (χ3n) is 5.98. The van der Waals surface area contributed by atoms with Crippen molar-refractivity contribution < 1.29 is 24.5 Å². The summed E-state index contributed by atoms with van der Waals surface area (Å²) in [6, 6.07) is 17.2. The van der Waals surface area contributed by atoms with Gasteiger partial charge >= 0.3 is 5.97 Å². The summed E-state index contributed by atoms with van der Waals surface area (Å²) in [5, 5.41) is 31.2. The Balaban J connectivity index is 1.46. The maximum Gasteiger partial charge on any atom is 0.335 e. The number of carbonyl (C=O) groups is 2. The number of aromatic nitrogens is 2. The average Bonchev–Trinajstić information content (AvgIpc) is 3.32. The Kier molecular flexibility index (Phi) is 8.04. The fourth-order valence-corrected chi connectivity index (χ4v) is 4.12. The second-order valence-corrected chi connectivity index (χ2v) is 9.19. The maximum absolute atomic E-state index is 12.9. The van der Waals surface area contributed by atoms with Gasteiger partial charge in [0, 0.05) is 36.2 Å². The predicted molar refractivity (Wildman–Crippen MR) is 141 cm³/mol. The summed E-state index contributed by atoms with van der Waals surface area (Å²) in [7, 11) is 0. The lowest BCUT2D eigenvalue weighted by molar-refractivity contribution is 0.0696. The molecule has 1 amide bonds. The van der Waals surface area contributed by atoms with Gasteiger partial charge in [-0.05, 0) is 62.6 Å². The Morgan fingerprint density at radius 2 is 1.87 bits per heavy atom. The Bertz CT molecular complexity index is 1500. The topological polar surface area (TPSA) is 137 Å². The quantitative estimate of drug-likeness (QED) is 0.291. The number of amides is 1. The molecule has 9 heteroatoms. The lowest BCUT2D eigenvalue weighted by Gasteiger charge is -2.19. The number of hydrogen-bond donors (Lipinski definition) is 3. The van der Waals surface area contributed by atoms with Gasteiger partial charge in [-0.15, -0.1) is 0 Å². The number of carbonyl (C=O) groups excluding carboxylic acids is 1. The van der Waals surface area contributed by atoms with Gasteiger partial charge in [-0.25, -0.2) is 9.78 Å². The summed E-state index contributed by atoms with van der Waals surface area (Å²) in [6.45, 7) is 3.64. The van der Waals surface area contributed by atoms with E-state index in [1.165, 1.54) is 18.2 Å². The number of fused-ring (bicyclic) bond motifs is 1. The van der Waals surface area contributed by atoms with Crippen LogP contribution in [-0.4, -0.2) is 50.2 Å². The summed E-state index contributed by atoms with van der Waals surface area (Å²) >= 11 is 0. The molecule has 9 nitrogen and oxygen atoms in total. The first-order valence-electron chi connectivity index (χ1n) is 12.2. The fraction of sp³-hybridized carbons (Fsp3) is 0.241. The molecule has 0 aliphatic carbocycles. The molecule has 1 atom stereocenters. The number of aromatic carboxylic acids is 1. The predicted octanol–water partition coefficient (Wildman–Crippen LogP) is 4.08. The molecule has 194 valence electrons. The number of ether oxygens (including phenoxy) is 1. The minimum atomic E-state index is -1.01. The number of rotatable bonds is 10. The SMILES string of the molecule is CC(C)Oc1ccc(C(=O)NC(CCO)Cc2ccc(-c3cn4ccc(C(=O)O)cc4n3)cc2)cc1C#N. The summed E-state index contributed by atoms with van der Waals surface area (Å²) in [6.07, 6.45) is 4.26. The standard InChI is InChI=1S/C29H28N4O5/c1-18(2)38-26-8-7-21(14-23(26)16-30)28(35)31-24(10-12-34)13-19-3-5-20(6-4-19)25-17-33-11-9-22(29(36)37)15-27(33)32-25/h3-9,11,14-15,17-18,24,34H,10,12-13H2,1-2H3,(H,31,35)(H,36,37). The van der Waals surface area contributed by atoms with E-state index in [2.05, 4.69) is 16.4 Å². The zero-order chi connectivity index (χ0) is 27.2. The van der Waals surface area contributed by atoms with Gasteiger partial charge in [0.05, 0.1) is 22.9 Å². The summed E-state index contributed by atoms with van der Waals surface area (Å²) in [4.78, 5) is 28.7. The number of aliphatic hydroxyl groups is 1. The van der Waals surface area contributed by atoms with Crippen molar-refractivity contribution in [3.8, 4) is 23.1 Å². The van der Waals surface area contributed by atoms with Gasteiger partial charge in [-0.3, -0.25) is 4.79 Å². The van der Waals surface area contributed by atoms with E-state index in [-0.39, 0.29) is 35.8 Å². The molecule has 0 saturated heterocycles. The summed E-state index contributed by atoms with van der Waals surface area (Å²) in [5.41, 5.74) is 3.87. The summed E-state index contributed by atoms with van der Waals surface area (Å²) < 4.78 is 7.39. The highest BCUT2D eigenvalue weighted by Crippen LogP contribution is 2.23. The average molecular weight is 513 g/mol. The molecule has 0 radical (unpaired) electrons. The van der Waals surface area contributed by atoms with Gasteiger partial charge in [-0.1, -0.05) is 24.3 Å². The molecule has 0 aliphatic heterocycles. The Hall–Kier alpha value is -4.68. The van der Waals surface area contributed by atoms with Crippen molar-refractivity contribution in [3.63, 3.8) is 0 Å². The molecule has 3 N–H and O–H groups in total. The van der Waals surface area contributed by atoms with E-state index in [9.17, 15) is 25.1 Å². The molecule has 0 aliphatic rings. The number of nitriles is 1. The van der Waals surface area contributed by atoms with Crippen molar-refractivity contribution in [1.29, 1.82) is 5.26 Å². The number of nitrogens with one attached hydrogen (secondary N) is 1.